The van der Waals surface area contributed by atoms with Crippen LogP contribution < -0.4 is 11.1 Å². The van der Waals surface area contributed by atoms with Crippen LogP contribution in [0.1, 0.15) is 31.7 Å². The summed E-state index contributed by atoms with van der Waals surface area (Å²) in [6, 6.07) is 8.29. The van der Waals surface area contributed by atoms with Gasteiger partial charge in [-0.05, 0) is 36.5 Å². The minimum Gasteiger partial charge on any atom is -0.370 e. The number of hydrogen-bond acceptors (Lipinski definition) is 1. The molecule has 3 nitrogen and oxygen atoms in total. The maximum Gasteiger partial charge on any atom is 0.193 e. The minimum atomic E-state index is 0.527. The van der Waals surface area contributed by atoms with Gasteiger partial charge in [-0.1, -0.05) is 31.9 Å². The average Bonchev–Trinajstić information content (AvgIpc) is 3.13. The van der Waals surface area contributed by atoms with Crippen molar-refractivity contribution < 1.29 is 0 Å². The van der Waals surface area contributed by atoms with Crippen LogP contribution in [0.5, 0.6) is 0 Å². The van der Waals surface area contributed by atoms with Gasteiger partial charge in [-0.2, -0.15) is 0 Å². The van der Waals surface area contributed by atoms with E-state index in [1.54, 1.807) is 0 Å². The predicted octanol–water partition coefficient (Wildman–Crippen LogP) is 2.78. The van der Waals surface area contributed by atoms with Gasteiger partial charge in [0.2, 0.25) is 0 Å². The second-order valence-corrected chi connectivity index (χ2v) is 4.68. The highest BCUT2D eigenvalue weighted by Crippen LogP contribution is 2.32. The molecule has 92 valence electrons. The van der Waals surface area contributed by atoms with Crippen molar-refractivity contribution in [1.29, 1.82) is 0 Å². The lowest BCUT2D eigenvalue weighted by Crippen LogP contribution is -2.22. The highest BCUT2D eigenvalue weighted by atomic mass is 15.1. The molecule has 1 aromatic rings. The summed E-state index contributed by atoms with van der Waals surface area (Å²) in [6.07, 6.45) is 4.97. The van der Waals surface area contributed by atoms with Gasteiger partial charge >= 0.3 is 0 Å². The standard InChI is InChI=1S/C14H21N3/c1-2-11-4-3-5-13(10-11)17-14(15)16-9-8-12-6-7-12/h3-5,10,12H,2,6-9H2,1H3,(H3,15,16,17). The third-order valence-corrected chi connectivity index (χ3v) is 3.12. The Morgan fingerprint density at radius 2 is 2.29 bits per heavy atom. The third-order valence-electron chi connectivity index (χ3n) is 3.12. The van der Waals surface area contributed by atoms with Gasteiger partial charge in [0.25, 0.3) is 0 Å². The summed E-state index contributed by atoms with van der Waals surface area (Å²) in [5.74, 6) is 1.44. The van der Waals surface area contributed by atoms with E-state index >= 15 is 0 Å². The number of hydrogen-bond donors (Lipinski definition) is 2. The highest BCUT2D eigenvalue weighted by molar-refractivity contribution is 5.92. The van der Waals surface area contributed by atoms with Crippen molar-refractivity contribution >= 4 is 11.6 Å². The molecule has 1 aliphatic carbocycles. The van der Waals surface area contributed by atoms with E-state index in [-0.39, 0.29) is 0 Å². The quantitative estimate of drug-likeness (QED) is 0.604. The Labute approximate surface area is 103 Å². The Bertz CT molecular complexity index is 394. The minimum absolute atomic E-state index is 0.527. The number of rotatable bonds is 5. The molecule has 3 N–H and O–H groups in total. The zero-order chi connectivity index (χ0) is 12.1. The van der Waals surface area contributed by atoms with Crippen molar-refractivity contribution in [3.05, 3.63) is 29.8 Å². The number of nitrogens with two attached hydrogens (primary N) is 1. The van der Waals surface area contributed by atoms with Gasteiger partial charge in [-0.15, -0.1) is 0 Å². The molecule has 3 heteroatoms. The molecular formula is C14H21N3. The Balaban J connectivity index is 1.84. The summed E-state index contributed by atoms with van der Waals surface area (Å²) in [4.78, 5) is 4.34. The summed E-state index contributed by atoms with van der Waals surface area (Å²) in [5.41, 5.74) is 8.17. The van der Waals surface area contributed by atoms with Crippen molar-refractivity contribution in [3.8, 4) is 0 Å². The molecule has 1 saturated carbocycles. The zero-order valence-electron chi connectivity index (χ0n) is 10.4. The van der Waals surface area contributed by atoms with Gasteiger partial charge in [-0.3, -0.25) is 4.99 Å². The van der Waals surface area contributed by atoms with Crippen LogP contribution in [0.25, 0.3) is 0 Å². The van der Waals surface area contributed by atoms with Crippen molar-refractivity contribution in [2.75, 3.05) is 11.9 Å². The van der Waals surface area contributed by atoms with Gasteiger partial charge in [0.05, 0.1) is 0 Å². The molecule has 0 aliphatic heterocycles. The SMILES string of the molecule is CCc1cccc(NC(N)=NCCC2CC2)c1. The number of guanidine groups is 1. The van der Waals surface area contributed by atoms with Crippen LogP contribution in [0.4, 0.5) is 5.69 Å². The monoisotopic (exact) mass is 231 g/mol. The number of aryl methyl sites for hydroxylation is 1. The lowest BCUT2D eigenvalue weighted by atomic mass is 10.1. The maximum absolute atomic E-state index is 5.84. The molecule has 0 unspecified atom stereocenters. The van der Waals surface area contributed by atoms with E-state index in [2.05, 4.69) is 29.4 Å². The first kappa shape index (κ1) is 12.0. The van der Waals surface area contributed by atoms with Crippen LogP contribution in [0.3, 0.4) is 0 Å². The van der Waals surface area contributed by atoms with Crippen molar-refractivity contribution in [3.63, 3.8) is 0 Å². The number of anilines is 1. The summed E-state index contributed by atoms with van der Waals surface area (Å²) in [5, 5.41) is 3.14. The van der Waals surface area contributed by atoms with E-state index in [0.717, 1.165) is 24.6 Å². The molecule has 2 rings (SSSR count). The number of nitrogens with one attached hydrogen (secondary N) is 1. The van der Waals surface area contributed by atoms with Crippen LogP contribution in [0.15, 0.2) is 29.3 Å². The predicted molar refractivity (Wildman–Crippen MR) is 73.3 cm³/mol. The summed E-state index contributed by atoms with van der Waals surface area (Å²) < 4.78 is 0. The van der Waals surface area contributed by atoms with E-state index in [9.17, 15) is 0 Å². The Morgan fingerprint density at radius 3 is 3.00 bits per heavy atom. The fourth-order valence-corrected chi connectivity index (χ4v) is 1.83. The van der Waals surface area contributed by atoms with Crippen molar-refractivity contribution in [2.24, 2.45) is 16.6 Å². The van der Waals surface area contributed by atoms with Gasteiger partial charge in [0.1, 0.15) is 0 Å². The zero-order valence-corrected chi connectivity index (χ0v) is 10.4. The number of benzene rings is 1. The molecule has 0 spiro atoms. The topological polar surface area (TPSA) is 50.4 Å². The fraction of sp³-hybridized carbons (Fsp3) is 0.500. The van der Waals surface area contributed by atoms with Crippen LogP contribution >= 0.6 is 0 Å². The lowest BCUT2D eigenvalue weighted by molar-refractivity contribution is 0.739. The van der Waals surface area contributed by atoms with Crippen LogP contribution in [-0.2, 0) is 6.42 Å². The Kier molecular flexibility index (Phi) is 4.02. The molecule has 0 aromatic heterocycles. The van der Waals surface area contributed by atoms with Crippen molar-refractivity contribution in [2.45, 2.75) is 32.6 Å². The normalized spacial score (nSPS) is 15.9. The second kappa shape index (κ2) is 5.71. The molecule has 0 radical (unpaired) electrons. The molecule has 0 bridgehead atoms. The van der Waals surface area contributed by atoms with Gasteiger partial charge in [0.15, 0.2) is 5.96 Å². The summed E-state index contributed by atoms with van der Waals surface area (Å²) in [6.45, 7) is 2.99. The third kappa shape index (κ3) is 4.10. The maximum atomic E-state index is 5.84. The van der Waals surface area contributed by atoms with Crippen LogP contribution in [-0.4, -0.2) is 12.5 Å². The second-order valence-electron chi connectivity index (χ2n) is 4.68. The van der Waals surface area contributed by atoms with Gasteiger partial charge < -0.3 is 11.1 Å². The molecule has 17 heavy (non-hydrogen) atoms. The van der Waals surface area contributed by atoms with Crippen LogP contribution in [0, 0.1) is 5.92 Å². The molecule has 0 saturated heterocycles. The van der Waals surface area contributed by atoms with Gasteiger partial charge in [-0.25, -0.2) is 0 Å². The molecule has 0 amide bonds. The summed E-state index contributed by atoms with van der Waals surface area (Å²) >= 11 is 0. The first-order valence-electron chi connectivity index (χ1n) is 6.44. The molecule has 1 fully saturated rings. The lowest BCUT2D eigenvalue weighted by Gasteiger charge is -2.06. The highest BCUT2D eigenvalue weighted by Gasteiger charge is 2.19. The molecule has 1 aromatic carbocycles. The smallest absolute Gasteiger partial charge is 0.193 e. The van der Waals surface area contributed by atoms with Crippen molar-refractivity contribution in [1.82, 2.24) is 0 Å². The average molecular weight is 231 g/mol. The van der Waals surface area contributed by atoms with E-state index in [1.165, 1.54) is 24.8 Å². The molecule has 1 aliphatic rings. The number of aliphatic imine (C=N–C) groups is 1. The Morgan fingerprint density at radius 1 is 1.47 bits per heavy atom. The summed E-state index contributed by atoms with van der Waals surface area (Å²) in [7, 11) is 0. The molecule has 0 atom stereocenters. The van der Waals surface area contributed by atoms with E-state index < -0.39 is 0 Å². The Hall–Kier alpha value is -1.51. The van der Waals surface area contributed by atoms with E-state index in [4.69, 9.17) is 5.73 Å². The fourth-order valence-electron chi connectivity index (χ4n) is 1.83. The van der Waals surface area contributed by atoms with Crippen LogP contribution in [0.2, 0.25) is 0 Å². The van der Waals surface area contributed by atoms with E-state index in [1.807, 2.05) is 12.1 Å². The van der Waals surface area contributed by atoms with E-state index in [0.29, 0.717) is 5.96 Å². The first-order valence-corrected chi connectivity index (χ1v) is 6.44. The number of nitrogens with zero attached hydrogens (tertiary/aromatic N) is 1. The van der Waals surface area contributed by atoms with Gasteiger partial charge in [0, 0.05) is 12.2 Å². The largest absolute Gasteiger partial charge is 0.370 e. The first-order chi connectivity index (χ1) is 8.28. The molecule has 0 heterocycles. The molecular weight excluding hydrogens is 210 g/mol.